The molecule has 5 nitrogen and oxygen atoms in total. The van der Waals surface area contributed by atoms with Gasteiger partial charge in [0.05, 0.1) is 7.11 Å². The van der Waals surface area contributed by atoms with Gasteiger partial charge in [-0.15, -0.1) is 0 Å². The van der Waals surface area contributed by atoms with Gasteiger partial charge in [-0.1, -0.05) is 54.6 Å². The zero-order chi connectivity index (χ0) is 19.8. The number of carbonyl (C=O) groups excluding carboxylic acids is 1. The molecule has 1 amide bonds. The Labute approximate surface area is 167 Å². The van der Waals surface area contributed by atoms with E-state index in [1.807, 2.05) is 47.4 Å². The molecule has 0 saturated carbocycles. The summed E-state index contributed by atoms with van der Waals surface area (Å²) < 4.78 is 11.1. The molecule has 5 heteroatoms. The smallest absolute Gasteiger partial charge is 0.263 e. The highest BCUT2D eigenvalue weighted by atomic mass is 16.5. The molecule has 1 saturated heterocycles. The Balaban J connectivity index is 1.46. The van der Waals surface area contributed by atoms with Gasteiger partial charge in [0, 0.05) is 32.7 Å². The molecule has 1 unspecified atom stereocenters. The number of amides is 1. The minimum absolute atomic E-state index is 0.0189. The molecule has 0 aromatic heterocycles. The standard InChI is InChI=1S/C23H28N2O3/c1-19(28-22-13-7-6-12-21(22)27-2)23(26)25-17-15-24(16-18-25)14-8-11-20-9-4-3-5-10-20/h3-13,19H,14-18H2,1-2H3/b11-8+. The normalized spacial score (nSPS) is 16.1. The number of methoxy groups -OCH3 is 1. The summed E-state index contributed by atoms with van der Waals surface area (Å²) in [5, 5.41) is 0. The van der Waals surface area contributed by atoms with Crippen molar-refractivity contribution in [2.45, 2.75) is 13.0 Å². The van der Waals surface area contributed by atoms with Gasteiger partial charge in [0.1, 0.15) is 0 Å². The molecule has 28 heavy (non-hydrogen) atoms. The van der Waals surface area contributed by atoms with E-state index in [2.05, 4.69) is 29.2 Å². The maximum Gasteiger partial charge on any atom is 0.263 e. The maximum absolute atomic E-state index is 12.7. The van der Waals surface area contributed by atoms with E-state index >= 15 is 0 Å². The van der Waals surface area contributed by atoms with Gasteiger partial charge in [-0.25, -0.2) is 0 Å². The number of para-hydroxylation sites is 2. The summed E-state index contributed by atoms with van der Waals surface area (Å²) in [5.41, 5.74) is 1.21. The molecular formula is C23H28N2O3. The van der Waals surface area contributed by atoms with Crippen LogP contribution in [0.25, 0.3) is 6.08 Å². The third-order valence-electron chi connectivity index (χ3n) is 4.88. The Hall–Kier alpha value is -2.79. The van der Waals surface area contributed by atoms with Gasteiger partial charge in [-0.05, 0) is 24.6 Å². The van der Waals surface area contributed by atoms with Crippen LogP contribution in [0.5, 0.6) is 11.5 Å². The van der Waals surface area contributed by atoms with Gasteiger partial charge in [-0.2, -0.15) is 0 Å². The fraction of sp³-hybridized carbons (Fsp3) is 0.348. The van der Waals surface area contributed by atoms with Gasteiger partial charge in [0.2, 0.25) is 0 Å². The second-order valence-electron chi connectivity index (χ2n) is 6.85. The van der Waals surface area contributed by atoms with E-state index in [0.29, 0.717) is 11.5 Å². The molecule has 1 atom stereocenters. The first-order valence-corrected chi connectivity index (χ1v) is 9.70. The molecule has 0 N–H and O–H groups in total. The molecule has 3 rings (SSSR count). The largest absolute Gasteiger partial charge is 0.493 e. The molecule has 1 aliphatic heterocycles. The first-order valence-electron chi connectivity index (χ1n) is 9.70. The summed E-state index contributed by atoms with van der Waals surface area (Å²) in [5.74, 6) is 1.25. The zero-order valence-corrected chi connectivity index (χ0v) is 16.6. The average Bonchev–Trinajstić information content (AvgIpc) is 2.75. The van der Waals surface area contributed by atoms with Crippen LogP contribution in [0.2, 0.25) is 0 Å². The van der Waals surface area contributed by atoms with E-state index in [9.17, 15) is 4.79 Å². The molecule has 1 aliphatic rings. The number of piperazine rings is 1. The van der Waals surface area contributed by atoms with Crippen molar-refractivity contribution in [1.29, 1.82) is 0 Å². The fourth-order valence-corrected chi connectivity index (χ4v) is 3.27. The first kappa shape index (κ1) is 20.0. The van der Waals surface area contributed by atoms with Crippen molar-refractivity contribution < 1.29 is 14.3 Å². The molecule has 148 valence electrons. The number of benzene rings is 2. The molecule has 0 aliphatic carbocycles. The van der Waals surface area contributed by atoms with Crippen LogP contribution in [0.15, 0.2) is 60.7 Å². The van der Waals surface area contributed by atoms with Crippen LogP contribution in [0.3, 0.4) is 0 Å². The lowest BCUT2D eigenvalue weighted by molar-refractivity contribution is -0.139. The maximum atomic E-state index is 12.7. The van der Waals surface area contributed by atoms with E-state index in [1.165, 1.54) is 5.56 Å². The lowest BCUT2D eigenvalue weighted by atomic mass is 10.2. The van der Waals surface area contributed by atoms with Gasteiger partial charge >= 0.3 is 0 Å². The molecule has 0 radical (unpaired) electrons. The summed E-state index contributed by atoms with van der Waals surface area (Å²) >= 11 is 0. The minimum atomic E-state index is -0.541. The second kappa shape index (κ2) is 9.95. The van der Waals surface area contributed by atoms with Crippen molar-refractivity contribution in [3.8, 4) is 11.5 Å². The number of carbonyl (C=O) groups is 1. The summed E-state index contributed by atoms with van der Waals surface area (Å²) in [4.78, 5) is 17.0. The van der Waals surface area contributed by atoms with Crippen LogP contribution in [0.1, 0.15) is 12.5 Å². The Morgan fingerprint density at radius 2 is 1.64 bits per heavy atom. The molecule has 2 aromatic carbocycles. The van der Waals surface area contributed by atoms with Crippen molar-refractivity contribution >= 4 is 12.0 Å². The van der Waals surface area contributed by atoms with E-state index in [0.717, 1.165) is 32.7 Å². The van der Waals surface area contributed by atoms with Crippen molar-refractivity contribution in [2.75, 3.05) is 39.8 Å². The van der Waals surface area contributed by atoms with Crippen molar-refractivity contribution in [2.24, 2.45) is 0 Å². The number of ether oxygens (including phenoxy) is 2. The molecule has 1 fully saturated rings. The predicted octanol–water partition coefficient (Wildman–Crippen LogP) is 3.32. The Kier molecular flexibility index (Phi) is 7.09. The second-order valence-corrected chi connectivity index (χ2v) is 6.85. The SMILES string of the molecule is COc1ccccc1OC(C)C(=O)N1CCN(C/C=C/c2ccccc2)CC1. The first-order chi connectivity index (χ1) is 13.7. The minimum Gasteiger partial charge on any atom is -0.493 e. The molecule has 1 heterocycles. The highest BCUT2D eigenvalue weighted by Gasteiger charge is 2.26. The average molecular weight is 380 g/mol. The van der Waals surface area contributed by atoms with Crippen LogP contribution < -0.4 is 9.47 Å². The van der Waals surface area contributed by atoms with Gasteiger partial charge in [0.15, 0.2) is 17.6 Å². The highest BCUT2D eigenvalue weighted by Crippen LogP contribution is 2.27. The van der Waals surface area contributed by atoms with Crippen molar-refractivity contribution in [3.05, 3.63) is 66.2 Å². The summed E-state index contributed by atoms with van der Waals surface area (Å²) in [6.45, 7) is 5.86. The molecule has 0 spiro atoms. The summed E-state index contributed by atoms with van der Waals surface area (Å²) in [6, 6.07) is 17.7. The van der Waals surface area contributed by atoms with Gasteiger partial charge < -0.3 is 14.4 Å². The van der Waals surface area contributed by atoms with Crippen molar-refractivity contribution in [1.82, 2.24) is 9.80 Å². The molecular weight excluding hydrogens is 352 g/mol. The number of hydrogen-bond acceptors (Lipinski definition) is 4. The topological polar surface area (TPSA) is 42.0 Å². The summed E-state index contributed by atoms with van der Waals surface area (Å²) in [6.07, 6.45) is 3.78. The highest BCUT2D eigenvalue weighted by molar-refractivity contribution is 5.81. The quantitative estimate of drug-likeness (QED) is 0.739. The Morgan fingerprint density at radius 3 is 2.32 bits per heavy atom. The zero-order valence-electron chi connectivity index (χ0n) is 16.6. The fourth-order valence-electron chi connectivity index (χ4n) is 3.27. The van der Waals surface area contributed by atoms with Gasteiger partial charge in [-0.3, -0.25) is 9.69 Å². The van der Waals surface area contributed by atoms with Crippen LogP contribution in [-0.4, -0.2) is 61.6 Å². The van der Waals surface area contributed by atoms with Crippen molar-refractivity contribution in [3.63, 3.8) is 0 Å². The lowest BCUT2D eigenvalue weighted by Crippen LogP contribution is -2.51. The third-order valence-corrected chi connectivity index (χ3v) is 4.88. The van der Waals surface area contributed by atoms with Crippen LogP contribution in [0, 0.1) is 0 Å². The monoisotopic (exact) mass is 380 g/mol. The van der Waals surface area contributed by atoms with E-state index in [1.54, 1.807) is 14.0 Å². The predicted molar refractivity (Wildman–Crippen MR) is 112 cm³/mol. The van der Waals surface area contributed by atoms with Crippen LogP contribution in [0.4, 0.5) is 0 Å². The lowest BCUT2D eigenvalue weighted by Gasteiger charge is -2.35. The van der Waals surface area contributed by atoms with Gasteiger partial charge in [0.25, 0.3) is 5.91 Å². The Morgan fingerprint density at radius 1 is 1.00 bits per heavy atom. The molecule has 0 bridgehead atoms. The van der Waals surface area contributed by atoms with E-state index < -0.39 is 6.10 Å². The number of rotatable bonds is 7. The molecule has 2 aromatic rings. The van der Waals surface area contributed by atoms with Crippen LogP contribution in [-0.2, 0) is 4.79 Å². The van der Waals surface area contributed by atoms with Crippen LogP contribution >= 0.6 is 0 Å². The number of hydrogen-bond donors (Lipinski definition) is 0. The van der Waals surface area contributed by atoms with E-state index in [4.69, 9.17) is 9.47 Å². The Bertz CT molecular complexity index is 783. The third kappa shape index (κ3) is 5.36. The summed E-state index contributed by atoms with van der Waals surface area (Å²) in [7, 11) is 1.60. The van der Waals surface area contributed by atoms with E-state index in [-0.39, 0.29) is 5.91 Å². The number of nitrogens with zero attached hydrogens (tertiary/aromatic N) is 2.